The zero-order valence-corrected chi connectivity index (χ0v) is 11.9. The summed E-state index contributed by atoms with van der Waals surface area (Å²) in [7, 11) is -3.87. The van der Waals surface area contributed by atoms with Crippen molar-refractivity contribution in [2.45, 2.75) is 30.7 Å². The van der Waals surface area contributed by atoms with E-state index in [0.717, 1.165) is 0 Å². The van der Waals surface area contributed by atoms with Gasteiger partial charge in [-0.05, 0) is 38.1 Å². The molecule has 1 rings (SSSR count). The van der Waals surface area contributed by atoms with Gasteiger partial charge < -0.3 is 10.8 Å². The Kier molecular flexibility index (Phi) is 4.51. The Labute approximate surface area is 116 Å². The Morgan fingerprint density at radius 1 is 1.25 bits per heavy atom. The van der Waals surface area contributed by atoms with Crippen LogP contribution in [0.1, 0.15) is 30.6 Å². The highest BCUT2D eigenvalue weighted by atomic mass is 32.2. The van der Waals surface area contributed by atoms with Gasteiger partial charge in [0.25, 0.3) is 0 Å². The summed E-state index contributed by atoms with van der Waals surface area (Å²) >= 11 is 0. The van der Waals surface area contributed by atoms with Crippen LogP contribution >= 0.6 is 0 Å². The topological polar surface area (TPSA) is 127 Å². The zero-order chi connectivity index (χ0) is 15.6. The quantitative estimate of drug-likeness (QED) is 0.697. The molecule has 0 spiro atoms. The molecule has 0 radical (unpaired) electrons. The van der Waals surface area contributed by atoms with Gasteiger partial charge in [0.15, 0.2) is 0 Å². The molecule has 0 aliphatic carbocycles. The number of carbonyl (C=O) groups excluding carboxylic acids is 1. The van der Waals surface area contributed by atoms with Crippen molar-refractivity contribution in [1.29, 1.82) is 0 Å². The lowest BCUT2D eigenvalue weighted by molar-refractivity contribution is -0.138. The molecule has 4 N–H and O–H groups in total. The van der Waals surface area contributed by atoms with Crippen LogP contribution in [-0.4, -0.2) is 30.9 Å². The molecule has 0 bridgehead atoms. The van der Waals surface area contributed by atoms with E-state index in [2.05, 4.69) is 4.72 Å². The third-order valence-corrected chi connectivity index (χ3v) is 4.17. The highest BCUT2D eigenvalue weighted by molar-refractivity contribution is 7.89. The first-order valence-corrected chi connectivity index (χ1v) is 7.17. The Bertz CT molecular complexity index is 620. The number of aliphatic carboxylic acids is 1. The molecule has 1 amide bonds. The van der Waals surface area contributed by atoms with E-state index in [1.807, 2.05) is 0 Å². The lowest BCUT2D eigenvalue weighted by atomic mass is 10.0. The minimum atomic E-state index is -3.87. The zero-order valence-electron chi connectivity index (χ0n) is 11.1. The van der Waals surface area contributed by atoms with Crippen LogP contribution < -0.4 is 10.5 Å². The summed E-state index contributed by atoms with van der Waals surface area (Å²) in [6.07, 6.45) is -0.356. The third-order valence-electron chi connectivity index (χ3n) is 2.45. The van der Waals surface area contributed by atoms with Crippen LogP contribution in [0.5, 0.6) is 0 Å². The first-order chi connectivity index (χ1) is 9.03. The fourth-order valence-corrected chi connectivity index (χ4v) is 3.05. The Morgan fingerprint density at radius 2 is 1.75 bits per heavy atom. The second kappa shape index (κ2) is 5.59. The number of hydrogen-bond donors (Lipinski definition) is 3. The van der Waals surface area contributed by atoms with Crippen LogP contribution in [0.4, 0.5) is 0 Å². The third kappa shape index (κ3) is 4.32. The van der Waals surface area contributed by atoms with Crippen LogP contribution in [0, 0.1) is 0 Å². The van der Waals surface area contributed by atoms with Gasteiger partial charge in [0.05, 0.1) is 11.3 Å². The Balaban J connectivity index is 2.99. The lowest BCUT2D eigenvalue weighted by Gasteiger charge is -2.23. The highest BCUT2D eigenvalue weighted by Gasteiger charge is 2.28. The predicted molar refractivity (Wildman–Crippen MR) is 71.6 cm³/mol. The van der Waals surface area contributed by atoms with Crippen molar-refractivity contribution in [2.75, 3.05) is 0 Å². The number of rotatable bonds is 6. The smallest absolute Gasteiger partial charge is 0.305 e. The van der Waals surface area contributed by atoms with Gasteiger partial charge in [-0.15, -0.1) is 0 Å². The van der Waals surface area contributed by atoms with Gasteiger partial charge in [-0.2, -0.15) is 0 Å². The van der Waals surface area contributed by atoms with Gasteiger partial charge in [0, 0.05) is 11.1 Å². The van der Waals surface area contributed by atoms with Gasteiger partial charge >= 0.3 is 5.97 Å². The molecule has 0 saturated heterocycles. The van der Waals surface area contributed by atoms with Crippen molar-refractivity contribution < 1.29 is 23.1 Å². The molecule has 20 heavy (non-hydrogen) atoms. The summed E-state index contributed by atoms with van der Waals surface area (Å²) in [6, 6.07) is 5.06. The summed E-state index contributed by atoms with van der Waals surface area (Å²) in [5.74, 6) is -1.77. The van der Waals surface area contributed by atoms with Gasteiger partial charge in [0.2, 0.25) is 15.9 Å². The van der Waals surface area contributed by atoms with Crippen LogP contribution in [0.15, 0.2) is 29.2 Å². The monoisotopic (exact) mass is 300 g/mol. The van der Waals surface area contributed by atoms with Crippen molar-refractivity contribution in [3.8, 4) is 0 Å². The summed E-state index contributed by atoms with van der Waals surface area (Å²) in [5, 5.41) is 8.73. The lowest BCUT2D eigenvalue weighted by Crippen LogP contribution is -2.44. The number of sulfonamides is 1. The predicted octanol–water partition coefficient (Wildman–Crippen LogP) is 0.317. The Morgan fingerprint density at radius 3 is 2.15 bits per heavy atom. The molecule has 0 aliphatic rings. The van der Waals surface area contributed by atoms with Crippen molar-refractivity contribution >= 4 is 21.9 Å². The number of nitrogens with one attached hydrogen (secondary N) is 1. The van der Waals surface area contributed by atoms with Crippen LogP contribution in [0.3, 0.4) is 0 Å². The van der Waals surface area contributed by atoms with E-state index in [9.17, 15) is 18.0 Å². The van der Waals surface area contributed by atoms with Crippen LogP contribution in [-0.2, 0) is 14.8 Å². The fraction of sp³-hybridized carbons (Fsp3) is 0.333. The number of amides is 1. The van der Waals surface area contributed by atoms with E-state index in [4.69, 9.17) is 10.8 Å². The first-order valence-electron chi connectivity index (χ1n) is 5.69. The maximum absolute atomic E-state index is 12.1. The minimum absolute atomic E-state index is 0.0686. The molecule has 1 aromatic carbocycles. The number of primary amides is 1. The molecule has 0 atom stereocenters. The Hall–Kier alpha value is -1.93. The first kappa shape index (κ1) is 16.1. The SMILES string of the molecule is CC(C)(CC(=O)O)NS(=O)(=O)c1ccc(C(N)=O)cc1. The van der Waals surface area contributed by atoms with Crippen molar-refractivity contribution in [3.63, 3.8) is 0 Å². The van der Waals surface area contributed by atoms with Gasteiger partial charge in [-0.1, -0.05) is 0 Å². The minimum Gasteiger partial charge on any atom is -0.481 e. The van der Waals surface area contributed by atoms with Crippen molar-refractivity contribution in [3.05, 3.63) is 29.8 Å². The van der Waals surface area contributed by atoms with Crippen molar-refractivity contribution in [1.82, 2.24) is 4.72 Å². The number of benzene rings is 1. The van der Waals surface area contributed by atoms with Crippen LogP contribution in [0.25, 0.3) is 0 Å². The normalized spacial score (nSPS) is 12.1. The summed E-state index contributed by atoms with van der Waals surface area (Å²) < 4.78 is 26.5. The van der Waals surface area contributed by atoms with Gasteiger partial charge in [0.1, 0.15) is 0 Å². The van der Waals surface area contributed by atoms with E-state index in [1.54, 1.807) is 0 Å². The second-order valence-corrected chi connectivity index (χ2v) is 6.63. The maximum Gasteiger partial charge on any atom is 0.305 e. The number of hydrogen-bond acceptors (Lipinski definition) is 4. The van der Waals surface area contributed by atoms with Gasteiger partial charge in [-0.3, -0.25) is 9.59 Å². The highest BCUT2D eigenvalue weighted by Crippen LogP contribution is 2.16. The summed E-state index contributed by atoms with van der Waals surface area (Å²) in [4.78, 5) is 21.5. The molecule has 0 aromatic heterocycles. The standard InChI is InChI=1S/C12H16N2O5S/c1-12(2,7-10(15)16)14-20(18,19)9-5-3-8(4-6-9)11(13)17/h3-6,14H,7H2,1-2H3,(H2,13,17)(H,15,16). The molecular formula is C12H16N2O5S. The number of carbonyl (C=O) groups is 2. The summed E-state index contributed by atoms with van der Waals surface area (Å²) in [6.45, 7) is 2.94. The molecule has 0 aliphatic heterocycles. The van der Waals surface area contributed by atoms with E-state index in [0.29, 0.717) is 0 Å². The van der Waals surface area contributed by atoms with E-state index < -0.39 is 27.4 Å². The second-order valence-electron chi connectivity index (χ2n) is 4.95. The molecule has 0 unspecified atom stereocenters. The number of carboxylic acid groups (broad SMARTS) is 1. The van der Waals surface area contributed by atoms with E-state index in [1.165, 1.54) is 38.1 Å². The largest absolute Gasteiger partial charge is 0.481 e. The fourth-order valence-electron chi connectivity index (χ4n) is 1.64. The average molecular weight is 300 g/mol. The summed E-state index contributed by atoms with van der Waals surface area (Å²) in [5.41, 5.74) is 4.12. The molecule has 1 aromatic rings. The number of carboxylic acids is 1. The molecular weight excluding hydrogens is 284 g/mol. The van der Waals surface area contributed by atoms with E-state index in [-0.39, 0.29) is 16.9 Å². The molecule has 7 nitrogen and oxygen atoms in total. The molecule has 0 fully saturated rings. The van der Waals surface area contributed by atoms with Crippen LogP contribution in [0.2, 0.25) is 0 Å². The average Bonchev–Trinajstić information content (AvgIpc) is 2.25. The maximum atomic E-state index is 12.1. The molecule has 110 valence electrons. The molecule has 0 saturated carbocycles. The number of nitrogens with two attached hydrogens (primary N) is 1. The van der Waals surface area contributed by atoms with E-state index >= 15 is 0 Å². The molecule has 8 heteroatoms. The van der Waals surface area contributed by atoms with Crippen molar-refractivity contribution in [2.24, 2.45) is 5.73 Å². The molecule has 0 heterocycles. The van der Waals surface area contributed by atoms with Gasteiger partial charge in [-0.25, -0.2) is 13.1 Å².